The van der Waals surface area contributed by atoms with Gasteiger partial charge < -0.3 is 5.11 Å². The minimum absolute atomic E-state index is 0.145. The number of carbonyl (C=O) groups is 1. The first-order valence-electron chi connectivity index (χ1n) is 6.78. The van der Waals surface area contributed by atoms with Crippen LogP contribution in [0.2, 0.25) is 0 Å². The quantitative estimate of drug-likeness (QED) is 0.878. The Balaban J connectivity index is 1.97. The molecule has 0 unspecified atom stereocenters. The SMILES string of the molecule is CC(C)c1ccc(Cc2nc(CCC(=O)O)cs2)cc1. The predicted octanol–water partition coefficient (Wildman–Crippen LogP) is 3.87. The second-order valence-corrected chi connectivity index (χ2v) is 6.14. The fourth-order valence-corrected chi connectivity index (χ4v) is 2.84. The largest absolute Gasteiger partial charge is 0.481 e. The Hall–Kier alpha value is -1.68. The zero-order valence-corrected chi connectivity index (χ0v) is 12.6. The molecule has 0 fully saturated rings. The van der Waals surface area contributed by atoms with Gasteiger partial charge in [-0.05, 0) is 17.0 Å². The van der Waals surface area contributed by atoms with Crippen molar-refractivity contribution in [3.8, 4) is 0 Å². The Labute approximate surface area is 123 Å². The summed E-state index contributed by atoms with van der Waals surface area (Å²) in [6.45, 7) is 4.37. The van der Waals surface area contributed by atoms with Gasteiger partial charge in [0.25, 0.3) is 0 Å². The highest BCUT2D eigenvalue weighted by molar-refractivity contribution is 7.09. The summed E-state index contributed by atoms with van der Waals surface area (Å²) in [5, 5.41) is 11.7. The molecule has 106 valence electrons. The molecule has 0 aliphatic heterocycles. The van der Waals surface area contributed by atoms with Crippen LogP contribution in [0.5, 0.6) is 0 Å². The Kier molecular flexibility index (Phi) is 4.90. The maximum absolute atomic E-state index is 10.5. The van der Waals surface area contributed by atoms with Crippen LogP contribution in [0.3, 0.4) is 0 Å². The summed E-state index contributed by atoms with van der Waals surface area (Å²) in [4.78, 5) is 15.0. The van der Waals surface area contributed by atoms with Gasteiger partial charge in [-0.25, -0.2) is 4.98 Å². The van der Waals surface area contributed by atoms with Crippen molar-refractivity contribution in [3.05, 3.63) is 51.5 Å². The van der Waals surface area contributed by atoms with Gasteiger partial charge in [-0.15, -0.1) is 11.3 Å². The standard InChI is InChI=1S/C16H19NO2S/c1-11(2)13-5-3-12(4-6-13)9-15-17-14(10-20-15)7-8-16(18)19/h3-6,10-11H,7-9H2,1-2H3,(H,18,19). The van der Waals surface area contributed by atoms with Gasteiger partial charge in [-0.1, -0.05) is 38.1 Å². The number of hydrogen-bond acceptors (Lipinski definition) is 3. The normalized spacial score (nSPS) is 10.9. The lowest BCUT2D eigenvalue weighted by Crippen LogP contribution is -1.98. The molecule has 0 spiro atoms. The van der Waals surface area contributed by atoms with E-state index in [1.54, 1.807) is 11.3 Å². The lowest BCUT2D eigenvalue weighted by molar-refractivity contribution is -0.136. The zero-order chi connectivity index (χ0) is 14.5. The van der Waals surface area contributed by atoms with Crippen LogP contribution in [0.25, 0.3) is 0 Å². The number of aryl methyl sites for hydroxylation is 1. The highest BCUT2D eigenvalue weighted by atomic mass is 32.1. The highest BCUT2D eigenvalue weighted by Gasteiger charge is 2.06. The molecule has 0 bridgehead atoms. The van der Waals surface area contributed by atoms with Crippen molar-refractivity contribution >= 4 is 17.3 Å². The molecular weight excluding hydrogens is 270 g/mol. The summed E-state index contributed by atoms with van der Waals surface area (Å²) in [5.41, 5.74) is 3.47. The molecule has 1 aromatic carbocycles. The van der Waals surface area contributed by atoms with Gasteiger partial charge in [-0.3, -0.25) is 4.79 Å². The first kappa shape index (κ1) is 14.7. The summed E-state index contributed by atoms with van der Waals surface area (Å²) in [7, 11) is 0. The number of carboxylic acid groups (broad SMARTS) is 1. The van der Waals surface area contributed by atoms with Crippen LogP contribution in [0.4, 0.5) is 0 Å². The van der Waals surface area contributed by atoms with E-state index in [0.29, 0.717) is 12.3 Å². The maximum atomic E-state index is 10.5. The van der Waals surface area contributed by atoms with Crippen molar-refractivity contribution in [2.75, 3.05) is 0 Å². The van der Waals surface area contributed by atoms with Gasteiger partial charge >= 0.3 is 5.97 Å². The number of benzene rings is 1. The molecule has 0 saturated carbocycles. The number of nitrogens with zero attached hydrogens (tertiary/aromatic N) is 1. The second-order valence-electron chi connectivity index (χ2n) is 5.20. The molecule has 0 aliphatic rings. The third-order valence-corrected chi connectivity index (χ3v) is 4.09. The molecule has 3 nitrogen and oxygen atoms in total. The van der Waals surface area contributed by atoms with E-state index < -0.39 is 5.97 Å². The number of hydrogen-bond donors (Lipinski definition) is 1. The van der Waals surface area contributed by atoms with Crippen LogP contribution in [0, 0.1) is 0 Å². The molecule has 4 heteroatoms. The molecule has 2 rings (SSSR count). The van der Waals surface area contributed by atoms with Crippen LogP contribution in [-0.2, 0) is 17.6 Å². The Morgan fingerprint density at radius 3 is 2.60 bits per heavy atom. The van der Waals surface area contributed by atoms with E-state index in [-0.39, 0.29) is 6.42 Å². The number of aliphatic carboxylic acids is 1. The van der Waals surface area contributed by atoms with Crippen molar-refractivity contribution in [2.45, 2.75) is 39.0 Å². The minimum Gasteiger partial charge on any atom is -0.481 e. The summed E-state index contributed by atoms with van der Waals surface area (Å²) in [5.74, 6) is -0.227. The third-order valence-electron chi connectivity index (χ3n) is 3.20. The summed E-state index contributed by atoms with van der Waals surface area (Å²) in [6, 6.07) is 8.62. The summed E-state index contributed by atoms with van der Waals surface area (Å²) >= 11 is 1.60. The smallest absolute Gasteiger partial charge is 0.303 e. The third kappa shape index (κ3) is 4.17. The molecule has 0 radical (unpaired) electrons. The van der Waals surface area contributed by atoms with E-state index in [1.807, 2.05) is 5.38 Å². The monoisotopic (exact) mass is 289 g/mol. The number of aromatic nitrogens is 1. The van der Waals surface area contributed by atoms with Crippen molar-refractivity contribution in [2.24, 2.45) is 0 Å². The predicted molar refractivity (Wildman–Crippen MR) is 81.4 cm³/mol. The highest BCUT2D eigenvalue weighted by Crippen LogP contribution is 2.19. The average Bonchev–Trinajstić information content (AvgIpc) is 2.84. The first-order chi connectivity index (χ1) is 9.54. The van der Waals surface area contributed by atoms with Gasteiger partial charge in [0.05, 0.1) is 17.1 Å². The van der Waals surface area contributed by atoms with Crippen molar-refractivity contribution in [1.82, 2.24) is 4.98 Å². The van der Waals surface area contributed by atoms with Gasteiger partial charge in [-0.2, -0.15) is 0 Å². The van der Waals surface area contributed by atoms with Gasteiger partial charge in [0.2, 0.25) is 0 Å². The fraction of sp³-hybridized carbons (Fsp3) is 0.375. The Bertz CT molecular complexity index is 572. The molecule has 2 aromatic rings. The average molecular weight is 289 g/mol. The zero-order valence-electron chi connectivity index (χ0n) is 11.8. The molecule has 1 N–H and O–H groups in total. The first-order valence-corrected chi connectivity index (χ1v) is 7.66. The summed E-state index contributed by atoms with van der Waals surface area (Å²) in [6.07, 6.45) is 1.47. The van der Waals surface area contributed by atoms with Crippen LogP contribution in [-0.4, -0.2) is 16.1 Å². The van der Waals surface area contributed by atoms with Crippen LogP contribution in [0.1, 0.15) is 48.0 Å². The lowest BCUT2D eigenvalue weighted by atomic mass is 10.0. The van der Waals surface area contributed by atoms with Gasteiger partial charge in [0.1, 0.15) is 0 Å². The van der Waals surface area contributed by atoms with E-state index in [0.717, 1.165) is 17.1 Å². The lowest BCUT2D eigenvalue weighted by Gasteiger charge is -2.05. The van der Waals surface area contributed by atoms with E-state index in [4.69, 9.17) is 5.11 Å². The van der Waals surface area contributed by atoms with Crippen molar-refractivity contribution in [1.29, 1.82) is 0 Å². The second kappa shape index (κ2) is 6.66. The maximum Gasteiger partial charge on any atom is 0.303 e. The van der Waals surface area contributed by atoms with E-state index in [9.17, 15) is 4.79 Å². The van der Waals surface area contributed by atoms with Crippen LogP contribution in [0.15, 0.2) is 29.6 Å². The molecule has 20 heavy (non-hydrogen) atoms. The van der Waals surface area contributed by atoms with E-state index in [2.05, 4.69) is 43.1 Å². The molecule has 1 aromatic heterocycles. The number of thiazole rings is 1. The Morgan fingerprint density at radius 1 is 1.30 bits per heavy atom. The molecule has 0 amide bonds. The van der Waals surface area contributed by atoms with Crippen LogP contribution >= 0.6 is 11.3 Å². The fourth-order valence-electron chi connectivity index (χ4n) is 1.97. The number of rotatable bonds is 6. The topological polar surface area (TPSA) is 50.2 Å². The minimum atomic E-state index is -0.774. The molecule has 0 aliphatic carbocycles. The molecule has 0 saturated heterocycles. The van der Waals surface area contributed by atoms with E-state index in [1.165, 1.54) is 11.1 Å². The molecule has 0 atom stereocenters. The Morgan fingerprint density at radius 2 is 2.00 bits per heavy atom. The van der Waals surface area contributed by atoms with Crippen LogP contribution < -0.4 is 0 Å². The molecular formula is C16H19NO2S. The molecule has 1 heterocycles. The summed E-state index contributed by atoms with van der Waals surface area (Å²) < 4.78 is 0. The van der Waals surface area contributed by atoms with Crippen molar-refractivity contribution < 1.29 is 9.90 Å². The van der Waals surface area contributed by atoms with Gasteiger partial charge in [0.15, 0.2) is 0 Å². The number of carboxylic acids is 1. The van der Waals surface area contributed by atoms with Crippen molar-refractivity contribution in [3.63, 3.8) is 0 Å². The van der Waals surface area contributed by atoms with E-state index >= 15 is 0 Å². The van der Waals surface area contributed by atoms with Gasteiger partial charge in [0, 0.05) is 18.2 Å².